The van der Waals surface area contributed by atoms with Gasteiger partial charge in [0.05, 0.1) is 0 Å². The minimum atomic E-state index is -0.155. The average molecular weight is 215 g/mol. The van der Waals surface area contributed by atoms with Crippen LogP contribution in [0.3, 0.4) is 0 Å². The maximum Gasteiger partial charge on any atom is 0.251 e. The van der Waals surface area contributed by atoms with Crippen molar-refractivity contribution in [2.75, 3.05) is 0 Å². The van der Waals surface area contributed by atoms with Crippen molar-refractivity contribution in [2.45, 2.75) is 13.0 Å². The molecule has 82 valence electrons. The lowest BCUT2D eigenvalue weighted by Gasteiger charge is -2.14. The number of pyridine rings is 1. The summed E-state index contributed by atoms with van der Waals surface area (Å²) in [7, 11) is 0. The number of benzene rings is 1. The molecule has 0 spiro atoms. The molecule has 0 unspecified atom stereocenters. The molecule has 0 aliphatic heterocycles. The van der Waals surface area contributed by atoms with E-state index in [0.29, 0.717) is 5.75 Å². The molecular weight excluding hydrogens is 202 g/mol. The highest BCUT2D eigenvalue weighted by atomic mass is 16.5. The van der Waals surface area contributed by atoms with Gasteiger partial charge in [0.1, 0.15) is 11.9 Å². The van der Waals surface area contributed by atoms with Crippen LogP contribution in [-0.4, -0.2) is 4.98 Å². The Morgan fingerprint density at radius 3 is 2.62 bits per heavy atom. The molecular formula is C13H13NO2. The van der Waals surface area contributed by atoms with Crippen LogP contribution in [0.25, 0.3) is 0 Å². The van der Waals surface area contributed by atoms with Gasteiger partial charge in [-0.05, 0) is 18.6 Å². The summed E-state index contributed by atoms with van der Waals surface area (Å²) >= 11 is 0. The van der Waals surface area contributed by atoms with Gasteiger partial charge in [-0.2, -0.15) is 0 Å². The highest BCUT2D eigenvalue weighted by Crippen LogP contribution is 2.19. The summed E-state index contributed by atoms with van der Waals surface area (Å²) in [6.45, 7) is 1.95. The van der Waals surface area contributed by atoms with E-state index in [2.05, 4.69) is 4.98 Å². The lowest BCUT2D eigenvalue weighted by Crippen LogP contribution is -2.07. The summed E-state index contributed by atoms with van der Waals surface area (Å²) in [5.74, 6) is 0.583. The van der Waals surface area contributed by atoms with Crippen molar-refractivity contribution >= 4 is 0 Å². The van der Waals surface area contributed by atoms with Gasteiger partial charge in [-0.3, -0.25) is 4.79 Å². The first kappa shape index (κ1) is 10.5. The molecule has 0 fully saturated rings. The summed E-state index contributed by atoms with van der Waals surface area (Å²) < 4.78 is 5.66. The lowest BCUT2D eigenvalue weighted by atomic mass is 10.1. The van der Waals surface area contributed by atoms with E-state index in [-0.39, 0.29) is 11.7 Å². The molecule has 3 nitrogen and oxygen atoms in total. The van der Waals surface area contributed by atoms with Gasteiger partial charge in [0.2, 0.25) is 0 Å². The molecule has 3 heteroatoms. The average Bonchev–Trinajstić information content (AvgIpc) is 2.30. The zero-order valence-corrected chi connectivity index (χ0v) is 9.01. The van der Waals surface area contributed by atoms with Gasteiger partial charge >= 0.3 is 0 Å². The normalized spacial score (nSPS) is 12.1. The van der Waals surface area contributed by atoms with E-state index in [0.717, 1.165) is 5.56 Å². The number of aromatic nitrogens is 1. The maximum atomic E-state index is 11.1. The summed E-state index contributed by atoms with van der Waals surface area (Å²) in [4.78, 5) is 13.6. The van der Waals surface area contributed by atoms with Gasteiger partial charge in [-0.1, -0.05) is 30.3 Å². The molecule has 1 N–H and O–H groups in total. The molecule has 16 heavy (non-hydrogen) atoms. The van der Waals surface area contributed by atoms with E-state index in [4.69, 9.17) is 4.74 Å². The lowest BCUT2D eigenvalue weighted by molar-refractivity contribution is 0.226. The summed E-state index contributed by atoms with van der Waals surface area (Å²) in [6, 6.07) is 13.1. The second-order valence-corrected chi connectivity index (χ2v) is 3.56. The number of rotatable bonds is 3. The Balaban J connectivity index is 2.14. The van der Waals surface area contributed by atoms with Gasteiger partial charge in [0.25, 0.3) is 5.56 Å². The fourth-order valence-electron chi connectivity index (χ4n) is 1.49. The van der Waals surface area contributed by atoms with Crippen molar-refractivity contribution in [1.82, 2.24) is 4.98 Å². The molecule has 2 aromatic rings. The standard InChI is InChI=1S/C13H13NO2/c1-10(11-5-3-2-4-6-11)16-12-7-8-14-13(15)9-12/h2-10H,1H3,(H,14,15)/t10-/m1/s1. The maximum absolute atomic E-state index is 11.1. The minimum Gasteiger partial charge on any atom is -0.486 e. The van der Waals surface area contributed by atoms with E-state index in [9.17, 15) is 4.79 Å². The fraction of sp³-hybridized carbons (Fsp3) is 0.154. The van der Waals surface area contributed by atoms with Crippen LogP contribution in [0.5, 0.6) is 5.75 Å². The van der Waals surface area contributed by atoms with Gasteiger partial charge < -0.3 is 9.72 Å². The van der Waals surface area contributed by atoms with Crippen LogP contribution < -0.4 is 10.3 Å². The molecule has 1 aromatic heterocycles. The molecule has 0 saturated heterocycles. The third-order valence-electron chi connectivity index (χ3n) is 2.33. The van der Waals surface area contributed by atoms with E-state index < -0.39 is 0 Å². The van der Waals surface area contributed by atoms with Gasteiger partial charge in [0.15, 0.2) is 0 Å². The Bertz CT molecular complexity index is 505. The quantitative estimate of drug-likeness (QED) is 0.854. The third kappa shape index (κ3) is 2.51. The number of hydrogen-bond donors (Lipinski definition) is 1. The van der Waals surface area contributed by atoms with Crippen LogP contribution in [0.15, 0.2) is 53.5 Å². The highest BCUT2D eigenvalue weighted by Gasteiger charge is 2.06. The largest absolute Gasteiger partial charge is 0.486 e. The molecule has 1 atom stereocenters. The fourth-order valence-corrected chi connectivity index (χ4v) is 1.49. The van der Waals surface area contributed by atoms with Crippen LogP contribution in [0.2, 0.25) is 0 Å². The van der Waals surface area contributed by atoms with Crippen molar-refractivity contribution in [3.63, 3.8) is 0 Å². The Morgan fingerprint density at radius 2 is 1.94 bits per heavy atom. The highest BCUT2D eigenvalue weighted by molar-refractivity contribution is 5.21. The summed E-state index contributed by atoms with van der Waals surface area (Å²) in [5.41, 5.74) is 0.931. The van der Waals surface area contributed by atoms with E-state index in [1.54, 1.807) is 12.3 Å². The molecule has 0 radical (unpaired) electrons. The van der Waals surface area contributed by atoms with Gasteiger partial charge in [-0.25, -0.2) is 0 Å². The molecule has 0 amide bonds. The second-order valence-electron chi connectivity index (χ2n) is 3.56. The van der Waals surface area contributed by atoms with Crippen LogP contribution >= 0.6 is 0 Å². The first-order chi connectivity index (χ1) is 7.75. The number of ether oxygens (including phenoxy) is 1. The van der Waals surface area contributed by atoms with Crippen LogP contribution in [0.4, 0.5) is 0 Å². The molecule has 0 saturated carbocycles. The predicted molar refractivity (Wildman–Crippen MR) is 62.5 cm³/mol. The summed E-state index contributed by atoms with van der Waals surface area (Å²) in [6.07, 6.45) is 1.51. The smallest absolute Gasteiger partial charge is 0.251 e. The first-order valence-corrected chi connectivity index (χ1v) is 5.16. The van der Waals surface area contributed by atoms with E-state index in [1.807, 2.05) is 37.3 Å². The van der Waals surface area contributed by atoms with Crippen molar-refractivity contribution in [1.29, 1.82) is 0 Å². The van der Waals surface area contributed by atoms with E-state index >= 15 is 0 Å². The third-order valence-corrected chi connectivity index (χ3v) is 2.33. The molecule has 1 aromatic carbocycles. The predicted octanol–water partition coefficient (Wildman–Crippen LogP) is 2.51. The zero-order valence-electron chi connectivity index (χ0n) is 9.01. The molecule has 0 bridgehead atoms. The van der Waals surface area contributed by atoms with E-state index in [1.165, 1.54) is 6.07 Å². The van der Waals surface area contributed by atoms with Crippen molar-refractivity contribution < 1.29 is 4.74 Å². The van der Waals surface area contributed by atoms with Crippen LogP contribution in [-0.2, 0) is 0 Å². The first-order valence-electron chi connectivity index (χ1n) is 5.16. The minimum absolute atomic E-state index is 0.0667. The number of aromatic amines is 1. The number of hydrogen-bond acceptors (Lipinski definition) is 2. The van der Waals surface area contributed by atoms with Gasteiger partial charge in [0, 0.05) is 12.3 Å². The molecule has 1 heterocycles. The van der Waals surface area contributed by atoms with Crippen molar-refractivity contribution in [3.8, 4) is 5.75 Å². The second kappa shape index (κ2) is 4.66. The molecule has 0 aliphatic carbocycles. The Labute approximate surface area is 93.7 Å². The number of H-pyrrole nitrogens is 1. The molecule has 2 rings (SSSR count). The van der Waals surface area contributed by atoms with Crippen molar-refractivity contribution in [3.05, 3.63) is 64.6 Å². The zero-order chi connectivity index (χ0) is 11.4. The monoisotopic (exact) mass is 215 g/mol. The Morgan fingerprint density at radius 1 is 1.19 bits per heavy atom. The topological polar surface area (TPSA) is 42.1 Å². The SMILES string of the molecule is C[C@@H](Oc1cc[nH]c(=O)c1)c1ccccc1. The van der Waals surface area contributed by atoms with Crippen LogP contribution in [0, 0.1) is 0 Å². The van der Waals surface area contributed by atoms with Gasteiger partial charge in [-0.15, -0.1) is 0 Å². The molecule has 0 aliphatic rings. The van der Waals surface area contributed by atoms with Crippen LogP contribution in [0.1, 0.15) is 18.6 Å². The Kier molecular flexibility index (Phi) is 3.05. The Hall–Kier alpha value is -2.03. The number of nitrogens with one attached hydrogen (secondary N) is 1. The summed E-state index contributed by atoms with van der Waals surface area (Å²) in [5, 5.41) is 0. The van der Waals surface area contributed by atoms with Crippen molar-refractivity contribution in [2.24, 2.45) is 0 Å².